The van der Waals surface area contributed by atoms with Crippen molar-refractivity contribution in [1.82, 2.24) is 15.5 Å². The van der Waals surface area contributed by atoms with Crippen LogP contribution in [0.25, 0.3) is 0 Å². The fourth-order valence-electron chi connectivity index (χ4n) is 3.26. The van der Waals surface area contributed by atoms with E-state index in [-0.39, 0.29) is 17.9 Å². The summed E-state index contributed by atoms with van der Waals surface area (Å²) < 4.78 is 15.6. The van der Waals surface area contributed by atoms with Gasteiger partial charge in [0.1, 0.15) is 18.1 Å². The van der Waals surface area contributed by atoms with Crippen molar-refractivity contribution in [2.24, 2.45) is 0 Å². The number of hydrogen-bond donors (Lipinski definition) is 2. The minimum absolute atomic E-state index is 0.00512. The van der Waals surface area contributed by atoms with E-state index in [2.05, 4.69) is 15.5 Å². The van der Waals surface area contributed by atoms with Gasteiger partial charge in [0.15, 0.2) is 0 Å². The van der Waals surface area contributed by atoms with Crippen molar-refractivity contribution in [3.05, 3.63) is 54.0 Å². The third-order valence-electron chi connectivity index (χ3n) is 4.98. The monoisotopic (exact) mass is 401 g/mol. The highest BCUT2D eigenvalue weighted by atomic mass is 16.5. The Kier molecular flexibility index (Phi) is 7.26. The van der Waals surface area contributed by atoms with Gasteiger partial charge in [-0.25, -0.2) is 0 Å². The Morgan fingerprint density at radius 1 is 1.17 bits per heavy atom. The molecule has 3 rings (SSSR count). The molecule has 2 atom stereocenters. The first-order valence-electron chi connectivity index (χ1n) is 9.65. The fraction of sp³-hybridized carbons (Fsp3) is 0.429. The third kappa shape index (κ3) is 5.58. The number of rotatable bonds is 8. The smallest absolute Gasteiger partial charge is 0.255 e. The Labute approximate surface area is 170 Å². The molecular formula is C21H27N3O5. The van der Waals surface area contributed by atoms with Gasteiger partial charge in [-0.1, -0.05) is 12.1 Å². The van der Waals surface area contributed by atoms with Crippen LogP contribution in [0.15, 0.2) is 47.3 Å². The summed E-state index contributed by atoms with van der Waals surface area (Å²) >= 11 is 0. The van der Waals surface area contributed by atoms with Crippen LogP contribution >= 0.6 is 0 Å². The molecule has 8 heteroatoms. The normalized spacial score (nSPS) is 16.6. The van der Waals surface area contributed by atoms with Gasteiger partial charge in [0, 0.05) is 19.6 Å². The van der Waals surface area contributed by atoms with Gasteiger partial charge in [0.25, 0.3) is 5.91 Å². The molecule has 0 spiro atoms. The van der Waals surface area contributed by atoms with Crippen LogP contribution < -0.4 is 15.4 Å². The molecule has 0 radical (unpaired) electrons. The minimum atomic E-state index is -0.668. The SMILES string of the molecule is COc1ccc(C(CNC(=O)C(C)NC(=O)c2ccoc2)N2CCOCC2)cc1. The van der Waals surface area contributed by atoms with E-state index >= 15 is 0 Å². The number of benzene rings is 1. The summed E-state index contributed by atoms with van der Waals surface area (Å²) in [5, 5.41) is 5.65. The van der Waals surface area contributed by atoms with Crippen molar-refractivity contribution in [3.63, 3.8) is 0 Å². The average Bonchev–Trinajstić information content (AvgIpc) is 3.30. The van der Waals surface area contributed by atoms with E-state index in [1.807, 2.05) is 24.3 Å². The van der Waals surface area contributed by atoms with Crippen LogP contribution in [-0.4, -0.2) is 62.7 Å². The number of hydrogen-bond acceptors (Lipinski definition) is 6. The maximum atomic E-state index is 12.6. The lowest BCUT2D eigenvalue weighted by Gasteiger charge is -2.35. The van der Waals surface area contributed by atoms with E-state index < -0.39 is 6.04 Å². The Morgan fingerprint density at radius 3 is 2.52 bits per heavy atom. The summed E-state index contributed by atoms with van der Waals surface area (Å²) in [5.74, 6) is 0.198. The maximum absolute atomic E-state index is 12.6. The van der Waals surface area contributed by atoms with E-state index in [1.54, 1.807) is 20.1 Å². The lowest BCUT2D eigenvalue weighted by Crippen LogP contribution is -2.48. The molecule has 1 aliphatic heterocycles. The third-order valence-corrected chi connectivity index (χ3v) is 4.98. The number of carbonyl (C=O) groups is 2. The molecule has 1 aromatic carbocycles. The fourth-order valence-corrected chi connectivity index (χ4v) is 3.26. The van der Waals surface area contributed by atoms with Crippen LogP contribution in [0.3, 0.4) is 0 Å². The summed E-state index contributed by atoms with van der Waals surface area (Å²) in [4.78, 5) is 26.9. The van der Waals surface area contributed by atoms with Gasteiger partial charge >= 0.3 is 0 Å². The standard InChI is InChI=1S/C21H27N3O5/c1-15(23-21(26)17-7-10-29-14-17)20(25)22-13-19(24-8-11-28-12-9-24)16-3-5-18(27-2)6-4-16/h3-7,10,14-15,19H,8-9,11-13H2,1-2H3,(H,22,25)(H,23,26). The summed E-state index contributed by atoms with van der Waals surface area (Å²) in [6, 6.07) is 8.74. The molecule has 2 unspecified atom stereocenters. The van der Waals surface area contributed by atoms with Crippen LogP contribution in [0.2, 0.25) is 0 Å². The number of amides is 2. The predicted octanol–water partition coefficient (Wildman–Crippen LogP) is 1.60. The van der Waals surface area contributed by atoms with Crippen molar-refractivity contribution >= 4 is 11.8 Å². The summed E-state index contributed by atoms with van der Waals surface area (Å²) in [7, 11) is 1.63. The summed E-state index contributed by atoms with van der Waals surface area (Å²) in [5.41, 5.74) is 1.47. The highest BCUT2D eigenvalue weighted by Crippen LogP contribution is 2.23. The van der Waals surface area contributed by atoms with Crippen molar-refractivity contribution in [2.45, 2.75) is 19.0 Å². The lowest BCUT2D eigenvalue weighted by molar-refractivity contribution is -0.122. The quantitative estimate of drug-likeness (QED) is 0.698. The van der Waals surface area contributed by atoms with Gasteiger partial charge in [0.05, 0.1) is 38.2 Å². The number of nitrogens with zero attached hydrogens (tertiary/aromatic N) is 1. The number of carbonyl (C=O) groups excluding carboxylic acids is 2. The molecule has 2 aromatic rings. The number of ether oxygens (including phenoxy) is 2. The van der Waals surface area contributed by atoms with Gasteiger partial charge in [-0.15, -0.1) is 0 Å². The molecule has 0 bridgehead atoms. The molecule has 156 valence electrons. The Bertz CT molecular complexity index is 785. The largest absolute Gasteiger partial charge is 0.497 e. The Balaban J connectivity index is 1.62. The zero-order valence-electron chi connectivity index (χ0n) is 16.7. The maximum Gasteiger partial charge on any atom is 0.255 e. The van der Waals surface area contributed by atoms with E-state index in [1.165, 1.54) is 12.5 Å². The molecule has 8 nitrogen and oxygen atoms in total. The first-order valence-corrected chi connectivity index (χ1v) is 9.65. The highest BCUT2D eigenvalue weighted by Gasteiger charge is 2.25. The van der Waals surface area contributed by atoms with Gasteiger partial charge in [-0.05, 0) is 30.7 Å². The van der Waals surface area contributed by atoms with Crippen molar-refractivity contribution < 1.29 is 23.5 Å². The number of nitrogens with one attached hydrogen (secondary N) is 2. The van der Waals surface area contributed by atoms with Crippen molar-refractivity contribution in [1.29, 1.82) is 0 Å². The summed E-state index contributed by atoms with van der Waals surface area (Å²) in [6.07, 6.45) is 2.76. The number of furan rings is 1. The van der Waals surface area contributed by atoms with Crippen LogP contribution in [0.4, 0.5) is 0 Å². The summed E-state index contributed by atoms with van der Waals surface area (Å²) in [6.45, 7) is 5.00. The second-order valence-electron chi connectivity index (χ2n) is 6.89. The first-order chi connectivity index (χ1) is 14.1. The highest BCUT2D eigenvalue weighted by molar-refractivity contribution is 5.97. The van der Waals surface area contributed by atoms with Crippen LogP contribution in [0.5, 0.6) is 5.75 Å². The zero-order chi connectivity index (χ0) is 20.6. The molecule has 0 saturated carbocycles. The van der Waals surface area contributed by atoms with E-state index in [0.717, 1.165) is 24.4 Å². The molecule has 1 aliphatic rings. The second-order valence-corrected chi connectivity index (χ2v) is 6.89. The Morgan fingerprint density at radius 2 is 1.90 bits per heavy atom. The lowest BCUT2D eigenvalue weighted by atomic mass is 10.0. The zero-order valence-corrected chi connectivity index (χ0v) is 16.7. The topological polar surface area (TPSA) is 93.0 Å². The van der Waals surface area contributed by atoms with Gasteiger partial charge in [0.2, 0.25) is 5.91 Å². The van der Waals surface area contributed by atoms with Crippen LogP contribution in [0.1, 0.15) is 28.9 Å². The molecule has 1 fully saturated rings. The van der Waals surface area contributed by atoms with E-state index in [4.69, 9.17) is 13.9 Å². The molecule has 29 heavy (non-hydrogen) atoms. The molecule has 0 aliphatic carbocycles. The van der Waals surface area contributed by atoms with Crippen molar-refractivity contribution in [3.8, 4) is 5.75 Å². The van der Waals surface area contributed by atoms with Gasteiger partial charge in [-0.2, -0.15) is 0 Å². The van der Waals surface area contributed by atoms with Gasteiger partial charge in [-0.3, -0.25) is 14.5 Å². The molecule has 2 heterocycles. The average molecular weight is 401 g/mol. The molecule has 1 aromatic heterocycles. The van der Waals surface area contributed by atoms with Crippen LogP contribution in [-0.2, 0) is 9.53 Å². The Hall–Kier alpha value is -2.84. The van der Waals surface area contributed by atoms with Gasteiger partial charge < -0.3 is 24.5 Å². The van der Waals surface area contributed by atoms with E-state index in [9.17, 15) is 9.59 Å². The molecule has 1 saturated heterocycles. The second kappa shape index (κ2) is 10.1. The number of morpholine rings is 1. The molecule has 2 amide bonds. The predicted molar refractivity (Wildman–Crippen MR) is 107 cm³/mol. The molecule has 2 N–H and O–H groups in total. The van der Waals surface area contributed by atoms with Crippen molar-refractivity contribution in [2.75, 3.05) is 40.0 Å². The minimum Gasteiger partial charge on any atom is -0.497 e. The van der Waals surface area contributed by atoms with Crippen LogP contribution in [0, 0.1) is 0 Å². The molecular weight excluding hydrogens is 374 g/mol. The van der Waals surface area contributed by atoms with E-state index in [0.29, 0.717) is 25.3 Å². The first kappa shape index (κ1) is 20.9. The number of methoxy groups -OCH3 is 1.